The molecule has 3 rings (SSSR count). The van der Waals surface area contributed by atoms with Crippen molar-refractivity contribution in [3.63, 3.8) is 0 Å². The van der Waals surface area contributed by atoms with E-state index in [1.54, 1.807) is 12.1 Å². The van der Waals surface area contributed by atoms with Crippen LogP contribution in [0.25, 0.3) is 0 Å². The highest BCUT2D eigenvalue weighted by molar-refractivity contribution is 7.68. The highest BCUT2D eigenvalue weighted by Crippen LogP contribution is 2.57. The van der Waals surface area contributed by atoms with Crippen LogP contribution < -0.4 is 14.3 Å². The minimum Gasteiger partial charge on any atom is -0.453 e. The largest absolute Gasteiger partial charge is 0.453 e. The average molecular weight is 378 g/mol. The van der Waals surface area contributed by atoms with E-state index in [1.165, 1.54) is 6.92 Å². The van der Waals surface area contributed by atoms with E-state index < -0.39 is 7.58 Å². The number of rotatable bonds is 5. The third-order valence-electron chi connectivity index (χ3n) is 2.75. The number of nitrogens with zero attached hydrogens (tertiary/aromatic N) is 3. The lowest BCUT2D eigenvalue weighted by molar-refractivity contribution is -0.117. The molecule has 0 bridgehead atoms. The van der Waals surface area contributed by atoms with Gasteiger partial charge in [0.05, 0.1) is 0 Å². The first-order valence-corrected chi connectivity index (χ1v) is 10.1. The molecule has 1 N–H and O–H groups in total. The number of amides is 1. The molecule has 1 aliphatic heterocycles. The van der Waals surface area contributed by atoms with Gasteiger partial charge in [0, 0.05) is 6.92 Å². The van der Waals surface area contributed by atoms with Crippen molar-refractivity contribution in [3.8, 4) is 17.2 Å². The molecule has 0 aliphatic carbocycles. The average Bonchev–Trinajstić information content (AvgIpc) is 2.58. The van der Waals surface area contributed by atoms with Gasteiger partial charge in [-0.3, -0.25) is 9.88 Å². The number of carbonyl (C=O) groups excluding carboxylic acids is 1. The first-order chi connectivity index (χ1) is 11.7. The van der Waals surface area contributed by atoms with Crippen molar-refractivity contribution in [1.29, 1.82) is 0 Å². The van der Waals surface area contributed by atoms with E-state index in [4.69, 9.17) is 9.26 Å². The molecule has 1 heterocycles. The van der Waals surface area contributed by atoms with E-state index in [2.05, 4.69) is 18.6 Å². The Morgan fingerprint density at radius 2 is 1.75 bits per heavy atom. The van der Waals surface area contributed by atoms with Gasteiger partial charge in [-0.2, -0.15) is 4.52 Å². The molecule has 1 unspecified atom stereocenters. The maximum absolute atomic E-state index is 11.5. The zero-order valence-corrected chi connectivity index (χ0v) is 15.3. The molecular formula is C14H13N4O3P3. The molecule has 0 radical (unpaired) electrons. The number of para-hydroxylation sites is 3. The quantitative estimate of drug-likeness (QED) is 0.644. The van der Waals surface area contributed by atoms with Crippen LogP contribution >= 0.6 is 24.6 Å². The Hall–Kier alpha value is -2.06. The van der Waals surface area contributed by atoms with E-state index in [-0.39, 0.29) is 5.91 Å². The molecule has 0 spiro atoms. The molecule has 7 nitrogen and oxygen atoms in total. The minimum absolute atomic E-state index is 0.260. The van der Waals surface area contributed by atoms with Gasteiger partial charge in [0.1, 0.15) is 5.75 Å². The Bertz CT molecular complexity index is 855. The maximum Gasteiger partial charge on any atom is 0.366 e. The van der Waals surface area contributed by atoms with Gasteiger partial charge in [0.2, 0.25) is 5.91 Å². The van der Waals surface area contributed by atoms with Gasteiger partial charge in [0.25, 0.3) is 0 Å². The Labute approximate surface area is 142 Å². The van der Waals surface area contributed by atoms with Crippen LogP contribution in [0.4, 0.5) is 0 Å². The molecule has 1 atom stereocenters. The molecule has 1 amide bonds. The van der Waals surface area contributed by atoms with Gasteiger partial charge in [-0.05, 0) is 24.3 Å². The fraction of sp³-hybridized carbons (Fsp3) is 0.0714. The third kappa shape index (κ3) is 4.27. The van der Waals surface area contributed by atoms with Gasteiger partial charge in [-0.15, -0.1) is 9.03 Å². The van der Waals surface area contributed by atoms with Gasteiger partial charge >= 0.3 is 7.58 Å². The Morgan fingerprint density at radius 1 is 1.04 bits per heavy atom. The van der Waals surface area contributed by atoms with Crippen molar-refractivity contribution in [1.82, 2.24) is 5.09 Å². The number of benzene rings is 2. The Morgan fingerprint density at radius 3 is 2.42 bits per heavy atom. The minimum atomic E-state index is -2.85. The van der Waals surface area contributed by atoms with Crippen molar-refractivity contribution < 1.29 is 14.1 Å². The summed E-state index contributed by atoms with van der Waals surface area (Å²) in [6.45, 7) is 1.40. The third-order valence-corrected chi connectivity index (χ3v) is 7.03. The van der Waals surface area contributed by atoms with Crippen LogP contribution in [0.3, 0.4) is 0 Å². The van der Waals surface area contributed by atoms with Crippen LogP contribution in [0.15, 0.2) is 68.1 Å². The van der Waals surface area contributed by atoms with E-state index in [0.717, 1.165) is 0 Å². The topological polar surface area (TPSA) is 84.6 Å². The number of hydrogen-bond acceptors (Lipinski definition) is 6. The first kappa shape index (κ1) is 16.8. The lowest BCUT2D eigenvalue weighted by atomic mass is 10.3. The molecule has 0 aromatic heterocycles. The zero-order valence-electron chi connectivity index (χ0n) is 12.6. The smallest absolute Gasteiger partial charge is 0.366 e. The molecule has 0 saturated heterocycles. The van der Waals surface area contributed by atoms with Crippen LogP contribution in [-0.4, -0.2) is 5.91 Å². The van der Waals surface area contributed by atoms with Gasteiger partial charge in [0.15, 0.2) is 28.5 Å². The van der Waals surface area contributed by atoms with E-state index in [9.17, 15) is 4.79 Å². The highest BCUT2D eigenvalue weighted by Gasteiger charge is 2.26. The maximum atomic E-state index is 11.5. The van der Waals surface area contributed by atoms with Crippen molar-refractivity contribution in [3.05, 3.63) is 54.6 Å². The van der Waals surface area contributed by atoms with Crippen LogP contribution in [0.5, 0.6) is 17.2 Å². The number of ether oxygens (including phenoxy) is 1. The summed E-state index contributed by atoms with van der Waals surface area (Å²) in [4.78, 5) is 11.5. The lowest BCUT2D eigenvalue weighted by Crippen LogP contribution is -2.18. The number of hydrogen-bond donors (Lipinski definition) is 1. The summed E-state index contributed by atoms with van der Waals surface area (Å²) in [5, 5.41) is 2.72. The van der Waals surface area contributed by atoms with Crippen LogP contribution in [0, 0.1) is 0 Å². The van der Waals surface area contributed by atoms with Crippen molar-refractivity contribution in [2.75, 3.05) is 0 Å². The fourth-order valence-electron chi connectivity index (χ4n) is 1.85. The van der Waals surface area contributed by atoms with E-state index >= 15 is 0 Å². The van der Waals surface area contributed by atoms with Crippen LogP contribution in [0.1, 0.15) is 6.92 Å². The molecule has 2 aromatic rings. The summed E-state index contributed by atoms with van der Waals surface area (Å²) < 4.78 is 24.4. The monoisotopic (exact) mass is 378 g/mol. The lowest BCUT2D eigenvalue weighted by Gasteiger charge is -2.21. The predicted molar refractivity (Wildman–Crippen MR) is 95.4 cm³/mol. The van der Waals surface area contributed by atoms with Crippen molar-refractivity contribution in [2.45, 2.75) is 6.92 Å². The van der Waals surface area contributed by atoms with Gasteiger partial charge < -0.3 is 9.26 Å². The fourth-order valence-corrected chi connectivity index (χ4v) is 5.79. The van der Waals surface area contributed by atoms with Crippen molar-refractivity contribution in [2.24, 2.45) is 13.5 Å². The van der Waals surface area contributed by atoms with Crippen LogP contribution in [-0.2, 0) is 4.79 Å². The summed E-state index contributed by atoms with van der Waals surface area (Å²) in [7, 11) is -1.87. The Kier molecular flexibility index (Phi) is 5.37. The second-order valence-electron chi connectivity index (χ2n) is 4.61. The van der Waals surface area contributed by atoms with E-state index in [0.29, 0.717) is 34.3 Å². The van der Waals surface area contributed by atoms with E-state index in [1.807, 2.05) is 42.5 Å². The highest BCUT2D eigenvalue weighted by atomic mass is 31.2. The molecule has 24 heavy (non-hydrogen) atoms. The predicted octanol–water partition coefficient (Wildman–Crippen LogP) is 6.04. The second kappa shape index (κ2) is 7.67. The molecule has 0 saturated carbocycles. The van der Waals surface area contributed by atoms with Crippen LogP contribution in [0.2, 0.25) is 0 Å². The molecular weight excluding hydrogens is 365 g/mol. The van der Waals surface area contributed by atoms with Gasteiger partial charge in [-0.25, -0.2) is 0 Å². The number of carbonyl (C=O) groups is 1. The molecule has 10 heteroatoms. The molecule has 1 aliphatic rings. The second-order valence-corrected chi connectivity index (χ2v) is 8.61. The molecule has 122 valence electrons. The zero-order chi connectivity index (χ0) is 16.8. The van der Waals surface area contributed by atoms with Gasteiger partial charge in [-0.1, -0.05) is 30.3 Å². The summed E-state index contributed by atoms with van der Waals surface area (Å²) in [5.74, 6) is 1.41. The van der Waals surface area contributed by atoms with Crippen molar-refractivity contribution >= 4 is 30.5 Å². The Balaban J connectivity index is 1.92. The summed E-state index contributed by atoms with van der Waals surface area (Å²) in [6, 6.07) is 16.6. The molecule has 2 aromatic carbocycles. The molecule has 0 fully saturated rings. The summed E-state index contributed by atoms with van der Waals surface area (Å²) >= 11 is 0. The first-order valence-electron chi connectivity index (χ1n) is 6.91. The summed E-state index contributed by atoms with van der Waals surface area (Å²) in [6.07, 6.45) is 0. The standard InChI is InChI=1S/C14H13N4O3P3/c1-11(19)15-24(17-22-16-23-18-24)21-14-10-6-5-9-13(14)20-12-7-3-2-4-8-12/h2-10H,1H3,(H,15,19). The normalized spacial score (nSPS) is 19.9. The summed E-state index contributed by atoms with van der Waals surface area (Å²) in [5.41, 5.74) is 0. The SMILES string of the molecule is CC(=O)NP1(Oc2ccccc2Oc2ccccc2)=NP=NP=N1. The number of nitrogens with one attached hydrogen (secondary N) is 1.